The third-order valence-corrected chi connectivity index (χ3v) is 5.05. The lowest BCUT2D eigenvalue weighted by Crippen LogP contribution is -2.01. The molecule has 0 saturated carbocycles. The minimum absolute atomic E-state index is 0.0457. The van der Waals surface area contributed by atoms with Crippen molar-refractivity contribution in [3.8, 4) is 0 Å². The molecule has 2 aromatic rings. The molecule has 0 bridgehead atoms. The Morgan fingerprint density at radius 1 is 1.25 bits per heavy atom. The molecule has 0 N–H and O–H groups in total. The quantitative estimate of drug-likeness (QED) is 0.843. The molecule has 0 radical (unpaired) electrons. The molecule has 2 rings (SSSR count). The van der Waals surface area contributed by atoms with Gasteiger partial charge in [-0.05, 0) is 42.2 Å². The molecule has 0 amide bonds. The fourth-order valence-electron chi connectivity index (χ4n) is 1.12. The Balaban J connectivity index is 2.51. The zero-order chi connectivity index (χ0) is 11.8. The highest BCUT2D eigenvalue weighted by Crippen LogP contribution is 2.23. The van der Waals surface area contributed by atoms with E-state index in [9.17, 15) is 8.42 Å². The van der Waals surface area contributed by atoms with Gasteiger partial charge in [0.15, 0.2) is 0 Å². The molecule has 1 aromatic heterocycles. The summed E-state index contributed by atoms with van der Waals surface area (Å²) in [5.74, 6) is 0. The molecule has 0 aliphatic rings. The second kappa shape index (κ2) is 4.12. The van der Waals surface area contributed by atoms with E-state index in [4.69, 9.17) is 11.6 Å². The molecule has 0 fully saturated rings. The SMILES string of the molecule is Cc1ccc(S(=O)(=O)c2nc(Cl)ns2)cc1. The van der Waals surface area contributed by atoms with E-state index < -0.39 is 9.84 Å². The number of aryl methyl sites for hydroxylation is 1. The number of hydrogen-bond donors (Lipinski definition) is 0. The van der Waals surface area contributed by atoms with Gasteiger partial charge in [0.25, 0.3) is 0 Å². The van der Waals surface area contributed by atoms with E-state index >= 15 is 0 Å². The Bertz CT molecular complexity index is 605. The lowest BCUT2D eigenvalue weighted by atomic mass is 10.2. The van der Waals surface area contributed by atoms with Crippen LogP contribution in [0.4, 0.5) is 0 Å². The van der Waals surface area contributed by atoms with Crippen LogP contribution in [-0.2, 0) is 9.84 Å². The topological polar surface area (TPSA) is 59.9 Å². The molecule has 0 spiro atoms. The molecule has 4 nitrogen and oxygen atoms in total. The average molecular weight is 275 g/mol. The van der Waals surface area contributed by atoms with Crippen LogP contribution in [0.5, 0.6) is 0 Å². The summed E-state index contributed by atoms with van der Waals surface area (Å²) in [6, 6.07) is 6.55. The van der Waals surface area contributed by atoms with Crippen LogP contribution in [0.15, 0.2) is 33.5 Å². The summed E-state index contributed by atoms with van der Waals surface area (Å²) in [4.78, 5) is 3.87. The summed E-state index contributed by atoms with van der Waals surface area (Å²) in [6.07, 6.45) is 0. The normalized spacial score (nSPS) is 11.6. The van der Waals surface area contributed by atoms with Crippen molar-refractivity contribution in [3.63, 3.8) is 0 Å². The van der Waals surface area contributed by atoms with E-state index in [2.05, 4.69) is 9.36 Å². The average Bonchev–Trinajstić information content (AvgIpc) is 2.66. The lowest BCUT2D eigenvalue weighted by molar-refractivity contribution is 0.595. The van der Waals surface area contributed by atoms with Gasteiger partial charge in [-0.1, -0.05) is 17.7 Å². The molecule has 0 saturated heterocycles. The van der Waals surface area contributed by atoms with Gasteiger partial charge in [0.1, 0.15) is 0 Å². The summed E-state index contributed by atoms with van der Waals surface area (Å²) in [6.45, 7) is 1.89. The van der Waals surface area contributed by atoms with Gasteiger partial charge < -0.3 is 0 Å². The second-order valence-corrected chi connectivity index (χ2v) is 6.36. The molecular formula is C9H7ClN2O2S2. The fraction of sp³-hybridized carbons (Fsp3) is 0.111. The Labute approximate surface area is 102 Å². The van der Waals surface area contributed by atoms with E-state index in [0.29, 0.717) is 0 Å². The molecule has 84 valence electrons. The maximum absolute atomic E-state index is 12.0. The molecule has 16 heavy (non-hydrogen) atoms. The number of aromatic nitrogens is 2. The van der Waals surface area contributed by atoms with Crippen molar-refractivity contribution >= 4 is 33.0 Å². The van der Waals surface area contributed by atoms with Gasteiger partial charge in [-0.2, -0.15) is 9.36 Å². The predicted octanol–water partition coefficient (Wildman–Crippen LogP) is 2.33. The maximum atomic E-state index is 12.0. The number of hydrogen-bond acceptors (Lipinski definition) is 5. The standard InChI is InChI=1S/C9H7ClN2O2S2/c1-6-2-4-7(5-3-6)16(13,14)9-11-8(10)12-15-9/h2-5H,1H3. The van der Waals surface area contributed by atoms with Gasteiger partial charge in [-0.15, -0.1) is 0 Å². The number of nitrogens with zero attached hydrogens (tertiary/aromatic N) is 2. The van der Waals surface area contributed by atoms with Gasteiger partial charge >= 0.3 is 0 Å². The Morgan fingerprint density at radius 2 is 1.88 bits per heavy atom. The van der Waals surface area contributed by atoms with E-state index in [-0.39, 0.29) is 14.5 Å². The molecule has 1 aromatic carbocycles. The van der Waals surface area contributed by atoms with Crippen LogP contribution in [0.1, 0.15) is 5.56 Å². The Morgan fingerprint density at radius 3 is 2.38 bits per heavy atom. The van der Waals surface area contributed by atoms with Crippen molar-refractivity contribution in [2.24, 2.45) is 0 Å². The van der Waals surface area contributed by atoms with E-state index in [1.54, 1.807) is 24.3 Å². The summed E-state index contributed by atoms with van der Waals surface area (Å²) in [5.41, 5.74) is 0.995. The maximum Gasteiger partial charge on any atom is 0.235 e. The molecule has 7 heteroatoms. The van der Waals surface area contributed by atoms with Crippen molar-refractivity contribution in [1.82, 2.24) is 9.36 Å². The molecular weight excluding hydrogens is 268 g/mol. The summed E-state index contributed by atoms with van der Waals surface area (Å²) in [5, 5.41) is -0.0457. The third-order valence-electron chi connectivity index (χ3n) is 1.94. The van der Waals surface area contributed by atoms with Crippen LogP contribution in [0, 0.1) is 6.92 Å². The van der Waals surface area contributed by atoms with Crippen molar-refractivity contribution in [1.29, 1.82) is 0 Å². The fourth-order valence-corrected chi connectivity index (χ4v) is 3.43. The highest BCUT2D eigenvalue weighted by atomic mass is 35.5. The zero-order valence-corrected chi connectivity index (χ0v) is 10.6. The minimum atomic E-state index is -3.57. The Hall–Kier alpha value is -0.980. The number of rotatable bonds is 2. The molecule has 1 heterocycles. The van der Waals surface area contributed by atoms with Crippen LogP contribution in [0.25, 0.3) is 0 Å². The molecule has 0 unspecified atom stereocenters. The summed E-state index contributed by atoms with van der Waals surface area (Å²) in [7, 11) is -3.57. The van der Waals surface area contributed by atoms with Gasteiger partial charge in [-0.25, -0.2) is 8.42 Å². The highest BCUT2D eigenvalue weighted by Gasteiger charge is 2.22. The van der Waals surface area contributed by atoms with Crippen LogP contribution in [0.2, 0.25) is 5.28 Å². The van der Waals surface area contributed by atoms with Crippen molar-refractivity contribution in [3.05, 3.63) is 35.1 Å². The monoisotopic (exact) mass is 274 g/mol. The first-order valence-corrected chi connectivity index (χ1v) is 6.94. The Kier molecular flexibility index (Phi) is 2.96. The zero-order valence-electron chi connectivity index (χ0n) is 8.21. The van der Waals surface area contributed by atoms with Crippen LogP contribution in [0.3, 0.4) is 0 Å². The van der Waals surface area contributed by atoms with E-state index in [1.165, 1.54) is 0 Å². The smallest absolute Gasteiger partial charge is 0.216 e. The van der Waals surface area contributed by atoms with Crippen LogP contribution < -0.4 is 0 Å². The predicted molar refractivity (Wildman–Crippen MR) is 61.5 cm³/mol. The van der Waals surface area contributed by atoms with Crippen molar-refractivity contribution in [2.75, 3.05) is 0 Å². The molecule has 0 aliphatic heterocycles. The van der Waals surface area contributed by atoms with E-state index in [0.717, 1.165) is 17.1 Å². The third kappa shape index (κ3) is 2.09. The first-order valence-electron chi connectivity index (χ1n) is 4.31. The summed E-state index contributed by atoms with van der Waals surface area (Å²) >= 11 is 6.28. The van der Waals surface area contributed by atoms with Gasteiger partial charge in [0.2, 0.25) is 19.5 Å². The second-order valence-electron chi connectivity index (χ2n) is 3.15. The van der Waals surface area contributed by atoms with Crippen LogP contribution >= 0.6 is 23.1 Å². The van der Waals surface area contributed by atoms with E-state index in [1.807, 2.05) is 6.92 Å². The number of sulfone groups is 1. The summed E-state index contributed by atoms with van der Waals surface area (Å²) < 4.78 is 27.6. The number of benzene rings is 1. The lowest BCUT2D eigenvalue weighted by Gasteiger charge is -2.00. The van der Waals surface area contributed by atoms with Gasteiger partial charge in [-0.3, -0.25) is 0 Å². The first kappa shape index (κ1) is 11.5. The van der Waals surface area contributed by atoms with Crippen LogP contribution in [-0.4, -0.2) is 17.8 Å². The highest BCUT2D eigenvalue weighted by molar-refractivity contribution is 7.93. The number of halogens is 1. The largest absolute Gasteiger partial charge is 0.235 e. The van der Waals surface area contributed by atoms with Crippen molar-refractivity contribution < 1.29 is 8.42 Å². The van der Waals surface area contributed by atoms with Gasteiger partial charge in [0.05, 0.1) is 4.90 Å². The minimum Gasteiger partial charge on any atom is -0.216 e. The van der Waals surface area contributed by atoms with Gasteiger partial charge in [0, 0.05) is 0 Å². The molecule has 0 aliphatic carbocycles. The molecule has 0 atom stereocenters. The first-order chi connectivity index (χ1) is 7.50. The van der Waals surface area contributed by atoms with Crippen molar-refractivity contribution in [2.45, 2.75) is 16.2 Å².